The van der Waals surface area contributed by atoms with Crippen molar-refractivity contribution in [1.82, 2.24) is 15.3 Å². The number of nitrogens with zero attached hydrogens (tertiary/aromatic N) is 2. The topological polar surface area (TPSA) is 175 Å². The van der Waals surface area contributed by atoms with E-state index in [1.165, 1.54) is 30.6 Å². The lowest BCUT2D eigenvalue weighted by atomic mass is 9.96. The van der Waals surface area contributed by atoms with Gasteiger partial charge in [0, 0.05) is 12.4 Å². The van der Waals surface area contributed by atoms with E-state index in [1.54, 1.807) is 12.1 Å². The molecular weight excluding hydrogens is 422 g/mol. The monoisotopic (exact) mass is 447 g/mol. The number of nitrogens with one attached hydrogen (secondary N) is 1. The van der Waals surface area contributed by atoms with Crippen LogP contribution in [0.1, 0.15) is 37.2 Å². The van der Waals surface area contributed by atoms with Crippen LogP contribution in [0.2, 0.25) is 0 Å². The maximum atomic E-state index is 12.8. The number of nitrogens with two attached hydrogens (primary N) is 2. The molecule has 166 valence electrons. The number of Topliss-reactive ketones (excluding diaryl/α,β-unsaturated/α-hetero) is 2. The predicted molar refractivity (Wildman–Crippen MR) is 112 cm³/mol. The molecule has 2 aromatic rings. The molecule has 0 saturated heterocycles. The zero-order valence-electron chi connectivity index (χ0n) is 17.2. The molecule has 1 atom stereocenters. The molecule has 2 heterocycles. The van der Waals surface area contributed by atoms with Crippen molar-refractivity contribution in [3.63, 3.8) is 0 Å². The Labute approximate surface area is 180 Å². The van der Waals surface area contributed by atoms with Crippen molar-refractivity contribution < 1.29 is 22.8 Å². The van der Waals surface area contributed by atoms with Gasteiger partial charge in [-0.25, -0.2) is 13.4 Å². The third-order valence-electron chi connectivity index (χ3n) is 4.43. The maximum absolute atomic E-state index is 12.8. The summed E-state index contributed by atoms with van der Waals surface area (Å²) < 4.78 is 25.3. The van der Waals surface area contributed by atoms with E-state index in [0.717, 1.165) is 6.07 Å². The molecule has 5 N–H and O–H groups in total. The Hall–Kier alpha value is -3.02. The van der Waals surface area contributed by atoms with E-state index in [9.17, 15) is 22.8 Å². The van der Waals surface area contributed by atoms with Gasteiger partial charge in [0.25, 0.3) is 5.91 Å². The number of amides is 1. The van der Waals surface area contributed by atoms with Gasteiger partial charge >= 0.3 is 0 Å². The average molecular weight is 448 g/mol. The Balaban J connectivity index is 2.20. The van der Waals surface area contributed by atoms with Gasteiger partial charge in [-0.15, -0.1) is 0 Å². The van der Waals surface area contributed by atoms with Gasteiger partial charge in [0.05, 0.1) is 12.5 Å². The van der Waals surface area contributed by atoms with E-state index in [1.807, 2.05) is 13.8 Å². The van der Waals surface area contributed by atoms with Crippen LogP contribution >= 0.6 is 0 Å². The summed E-state index contributed by atoms with van der Waals surface area (Å²) in [7, 11) is -4.55. The van der Waals surface area contributed by atoms with Gasteiger partial charge in [-0.05, 0) is 36.6 Å². The number of rotatable bonds is 10. The fourth-order valence-corrected chi connectivity index (χ4v) is 3.90. The number of aromatic nitrogens is 2. The number of pyridine rings is 2. The SMILES string of the molecule is CC(C)C[C@H](NC(=O)c1ccccn1)C(=O)CC(=O)C(N)(N)S(=O)(=O)c1ccccn1. The summed E-state index contributed by atoms with van der Waals surface area (Å²) in [5, 5.41) is 2.06. The van der Waals surface area contributed by atoms with Crippen molar-refractivity contribution in [3.05, 3.63) is 54.5 Å². The van der Waals surface area contributed by atoms with Crippen LogP contribution in [0.25, 0.3) is 0 Å². The molecule has 0 aromatic carbocycles. The molecule has 0 fully saturated rings. The van der Waals surface area contributed by atoms with Crippen molar-refractivity contribution in [2.75, 3.05) is 0 Å². The Morgan fingerprint density at radius 2 is 1.65 bits per heavy atom. The molecule has 31 heavy (non-hydrogen) atoms. The van der Waals surface area contributed by atoms with Gasteiger partial charge in [-0.3, -0.25) is 30.8 Å². The summed E-state index contributed by atoms with van der Waals surface area (Å²) in [5.41, 5.74) is 11.4. The molecule has 0 spiro atoms. The van der Waals surface area contributed by atoms with E-state index in [0.29, 0.717) is 0 Å². The van der Waals surface area contributed by atoms with Gasteiger partial charge in [-0.1, -0.05) is 26.0 Å². The van der Waals surface area contributed by atoms with Crippen LogP contribution in [0, 0.1) is 5.92 Å². The van der Waals surface area contributed by atoms with E-state index in [2.05, 4.69) is 15.3 Å². The highest BCUT2D eigenvalue weighted by molar-refractivity contribution is 7.93. The molecule has 2 aromatic heterocycles. The first-order valence-electron chi connectivity index (χ1n) is 9.48. The van der Waals surface area contributed by atoms with Gasteiger partial charge < -0.3 is 5.32 Å². The first-order chi connectivity index (χ1) is 14.5. The lowest BCUT2D eigenvalue weighted by Gasteiger charge is -2.24. The van der Waals surface area contributed by atoms with Crippen LogP contribution in [0.5, 0.6) is 0 Å². The zero-order valence-corrected chi connectivity index (χ0v) is 18.0. The lowest BCUT2D eigenvalue weighted by Crippen LogP contribution is -2.63. The minimum atomic E-state index is -4.55. The highest BCUT2D eigenvalue weighted by Gasteiger charge is 2.46. The Morgan fingerprint density at radius 3 is 2.16 bits per heavy atom. The molecule has 2 rings (SSSR count). The largest absolute Gasteiger partial charge is 0.341 e. The van der Waals surface area contributed by atoms with E-state index >= 15 is 0 Å². The molecule has 0 radical (unpaired) electrons. The Morgan fingerprint density at radius 1 is 1.03 bits per heavy atom. The molecule has 11 heteroatoms. The second-order valence-electron chi connectivity index (χ2n) is 7.40. The summed E-state index contributed by atoms with van der Waals surface area (Å²) in [6, 6.07) is 7.71. The van der Waals surface area contributed by atoms with Crippen LogP contribution in [0.3, 0.4) is 0 Å². The van der Waals surface area contributed by atoms with Crippen molar-refractivity contribution in [1.29, 1.82) is 0 Å². The van der Waals surface area contributed by atoms with E-state index in [-0.39, 0.29) is 18.0 Å². The van der Waals surface area contributed by atoms with Gasteiger partial charge in [0.2, 0.25) is 14.8 Å². The minimum Gasteiger partial charge on any atom is -0.341 e. The second kappa shape index (κ2) is 9.86. The quantitative estimate of drug-likeness (QED) is 0.339. The average Bonchev–Trinajstić information content (AvgIpc) is 2.73. The molecule has 0 unspecified atom stereocenters. The fraction of sp³-hybridized carbons (Fsp3) is 0.350. The van der Waals surface area contributed by atoms with Crippen molar-refractivity contribution in [3.8, 4) is 0 Å². The van der Waals surface area contributed by atoms with Gasteiger partial charge in [-0.2, -0.15) is 0 Å². The van der Waals surface area contributed by atoms with Crippen LogP contribution in [-0.4, -0.2) is 46.9 Å². The molecule has 0 aliphatic rings. The van der Waals surface area contributed by atoms with E-state index < -0.39 is 49.8 Å². The molecule has 0 aliphatic carbocycles. The number of hydrogen-bond acceptors (Lipinski definition) is 9. The highest BCUT2D eigenvalue weighted by atomic mass is 32.2. The number of sulfone groups is 1. The number of carbonyl (C=O) groups excluding carboxylic acids is 3. The minimum absolute atomic E-state index is 0.00848. The van der Waals surface area contributed by atoms with Crippen LogP contribution in [0.4, 0.5) is 0 Å². The van der Waals surface area contributed by atoms with Crippen LogP contribution in [0.15, 0.2) is 53.8 Å². The summed E-state index contributed by atoms with van der Waals surface area (Å²) in [5.74, 6) is -2.52. The molecule has 0 aliphatic heterocycles. The van der Waals surface area contributed by atoms with E-state index in [4.69, 9.17) is 11.5 Å². The Bertz CT molecular complexity index is 1040. The number of carbonyl (C=O) groups is 3. The summed E-state index contributed by atoms with van der Waals surface area (Å²) in [6.45, 7) is 3.66. The zero-order chi connectivity index (χ0) is 23.2. The normalized spacial score (nSPS) is 12.9. The van der Waals surface area contributed by atoms with Crippen molar-refractivity contribution in [2.24, 2.45) is 17.4 Å². The molecule has 1 amide bonds. The maximum Gasteiger partial charge on any atom is 0.270 e. The number of hydrogen-bond donors (Lipinski definition) is 3. The lowest BCUT2D eigenvalue weighted by molar-refractivity contribution is -0.129. The predicted octanol–water partition coefficient (Wildman–Crippen LogP) is 0.195. The smallest absolute Gasteiger partial charge is 0.270 e. The van der Waals surface area contributed by atoms with Crippen LogP contribution in [-0.2, 0) is 19.4 Å². The molecular formula is C20H25N5O5S. The van der Waals surface area contributed by atoms with Crippen molar-refractivity contribution >= 4 is 27.3 Å². The van der Waals surface area contributed by atoms with Gasteiger partial charge in [0.1, 0.15) is 5.69 Å². The summed E-state index contributed by atoms with van der Waals surface area (Å²) >= 11 is 0. The number of ketones is 2. The first kappa shape index (κ1) is 24.3. The third-order valence-corrected chi connectivity index (χ3v) is 6.34. The highest BCUT2D eigenvalue weighted by Crippen LogP contribution is 2.19. The second-order valence-corrected chi connectivity index (χ2v) is 9.50. The van der Waals surface area contributed by atoms with Crippen molar-refractivity contribution in [2.45, 2.75) is 42.8 Å². The standard InChI is InChI=1S/C20H25N5O5S/c1-13(2)11-15(25-19(28)14-7-3-5-9-23-14)16(26)12-17(27)20(21,22)31(29,30)18-8-4-6-10-24-18/h3-10,13,15H,11-12,21-22H2,1-2H3,(H,25,28)/t15-/m0/s1. The summed E-state index contributed by atoms with van der Waals surface area (Å²) in [4.78, 5) is 42.6. The molecule has 10 nitrogen and oxygen atoms in total. The molecule has 0 bridgehead atoms. The third kappa shape index (κ3) is 5.78. The molecule has 0 saturated carbocycles. The van der Waals surface area contributed by atoms with Gasteiger partial charge in [0.15, 0.2) is 16.6 Å². The van der Waals surface area contributed by atoms with Crippen LogP contribution < -0.4 is 16.8 Å². The Kier molecular flexibility index (Phi) is 7.71. The summed E-state index contributed by atoms with van der Waals surface area (Å²) in [6.07, 6.45) is 1.99. The first-order valence-corrected chi connectivity index (χ1v) is 11.0. The fourth-order valence-electron chi connectivity index (χ4n) is 2.72.